The molecule has 0 saturated carbocycles. The van der Waals surface area contributed by atoms with Crippen molar-refractivity contribution in [1.82, 2.24) is 4.98 Å². The molecule has 1 aromatic carbocycles. The molecule has 0 atom stereocenters. The number of hydrogen-bond donors (Lipinski definition) is 2. The Balaban J connectivity index is 2.31. The first-order valence-corrected chi connectivity index (χ1v) is 6.96. The van der Waals surface area contributed by atoms with Gasteiger partial charge in [0.2, 0.25) is 0 Å². The number of hydrogen-bond acceptors (Lipinski definition) is 3. The van der Waals surface area contributed by atoms with Crippen LogP contribution in [0, 0.1) is 11.6 Å². The minimum atomic E-state index is -0.853. The molecule has 1 amide bonds. The van der Waals surface area contributed by atoms with Gasteiger partial charge in [0.05, 0.1) is 17.4 Å². The smallest absolute Gasteiger partial charge is 0.258 e. The van der Waals surface area contributed by atoms with Crippen LogP contribution in [0.3, 0.4) is 0 Å². The van der Waals surface area contributed by atoms with E-state index < -0.39 is 23.2 Å². The van der Waals surface area contributed by atoms with E-state index in [4.69, 9.17) is 0 Å². The fourth-order valence-electron chi connectivity index (χ4n) is 1.77. The Hall–Kier alpha value is -2.02. The zero-order chi connectivity index (χ0) is 15.4. The van der Waals surface area contributed by atoms with Crippen LogP contribution in [-0.4, -0.2) is 17.4 Å². The van der Waals surface area contributed by atoms with Gasteiger partial charge in [-0.2, -0.15) is 0 Å². The fraction of sp³-hybridized carbons (Fsp3) is 0.143. The Kier molecular flexibility index (Phi) is 4.85. The van der Waals surface area contributed by atoms with Gasteiger partial charge in [-0.25, -0.2) is 8.78 Å². The van der Waals surface area contributed by atoms with Crippen LogP contribution in [0.5, 0.6) is 0 Å². The van der Waals surface area contributed by atoms with Gasteiger partial charge in [-0.15, -0.1) is 0 Å². The Morgan fingerprint density at radius 3 is 2.62 bits per heavy atom. The van der Waals surface area contributed by atoms with E-state index in [1.807, 2.05) is 6.92 Å². The molecule has 0 fully saturated rings. The summed E-state index contributed by atoms with van der Waals surface area (Å²) in [6.07, 6.45) is 2.91. The zero-order valence-corrected chi connectivity index (χ0v) is 12.7. The van der Waals surface area contributed by atoms with Crippen molar-refractivity contribution in [2.45, 2.75) is 6.92 Å². The number of carbonyl (C=O) groups excluding carboxylic acids is 1. The number of benzene rings is 1. The number of nitrogens with one attached hydrogen (secondary N) is 2. The van der Waals surface area contributed by atoms with Crippen molar-refractivity contribution in [2.75, 3.05) is 17.2 Å². The van der Waals surface area contributed by atoms with Gasteiger partial charge in [-0.05, 0) is 25.1 Å². The first-order chi connectivity index (χ1) is 10.0. The minimum absolute atomic E-state index is 0.257. The molecule has 4 nitrogen and oxygen atoms in total. The zero-order valence-electron chi connectivity index (χ0n) is 11.1. The summed E-state index contributed by atoms with van der Waals surface area (Å²) >= 11 is 2.98. The average Bonchev–Trinajstić information content (AvgIpc) is 2.43. The van der Waals surface area contributed by atoms with E-state index in [2.05, 4.69) is 31.5 Å². The second kappa shape index (κ2) is 6.62. The second-order valence-electron chi connectivity index (χ2n) is 4.15. The molecule has 0 spiro atoms. The fourth-order valence-corrected chi connectivity index (χ4v) is 2.17. The highest BCUT2D eigenvalue weighted by atomic mass is 79.9. The molecule has 2 rings (SSSR count). The molecule has 0 bridgehead atoms. The number of halogens is 3. The van der Waals surface area contributed by atoms with Crippen LogP contribution < -0.4 is 10.6 Å². The van der Waals surface area contributed by atoms with E-state index in [1.165, 1.54) is 18.5 Å². The van der Waals surface area contributed by atoms with E-state index >= 15 is 0 Å². The van der Waals surface area contributed by atoms with Crippen LogP contribution >= 0.6 is 15.9 Å². The van der Waals surface area contributed by atoms with Gasteiger partial charge in [0.1, 0.15) is 5.69 Å². The van der Waals surface area contributed by atoms with Crippen LogP contribution in [0.2, 0.25) is 0 Å². The Morgan fingerprint density at radius 2 is 2.00 bits per heavy atom. The average molecular weight is 356 g/mol. The highest BCUT2D eigenvalue weighted by Crippen LogP contribution is 2.25. The van der Waals surface area contributed by atoms with E-state index in [0.717, 1.165) is 12.1 Å². The Bertz CT molecular complexity index is 656. The van der Waals surface area contributed by atoms with Crippen molar-refractivity contribution in [3.63, 3.8) is 0 Å². The third kappa shape index (κ3) is 3.55. The first-order valence-electron chi connectivity index (χ1n) is 6.16. The molecule has 0 saturated heterocycles. The lowest BCUT2D eigenvalue weighted by molar-refractivity contribution is 0.102. The number of pyridine rings is 1. The van der Waals surface area contributed by atoms with Crippen molar-refractivity contribution in [3.05, 3.63) is 52.3 Å². The van der Waals surface area contributed by atoms with Crippen LogP contribution in [0.15, 0.2) is 35.1 Å². The molecule has 0 aliphatic carbocycles. The summed E-state index contributed by atoms with van der Waals surface area (Å²) in [5.74, 6) is -2.32. The van der Waals surface area contributed by atoms with E-state index in [1.54, 1.807) is 0 Å². The van der Waals surface area contributed by atoms with Crippen molar-refractivity contribution in [2.24, 2.45) is 0 Å². The quantitative estimate of drug-likeness (QED) is 0.876. The normalized spacial score (nSPS) is 10.3. The lowest BCUT2D eigenvalue weighted by Crippen LogP contribution is -2.17. The topological polar surface area (TPSA) is 54.0 Å². The van der Waals surface area contributed by atoms with Gasteiger partial charge in [0.15, 0.2) is 11.6 Å². The summed E-state index contributed by atoms with van der Waals surface area (Å²) in [6.45, 7) is 2.45. The van der Waals surface area contributed by atoms with E-state index in [9.17, 15) is 13.6 Å². The standard InChI is InChI=1S/C14H12BrF2N3O/c1-2-19-12-7-18-4-3-9(12)14(21)20-13-10(16)5-8(15)6-11(13)17/h3-7,19H,2H2,1H3,(H,20,21). The van der Waals surface area contributed by atoms with E-state index in [-0.39, 0.29) is 10.0 Å². The van der Waals surface area contributed by atoms with Gasteiger partial charge in [0.25, 0.3) is 5.91 Å². The van der Waals surface area contributed by atoms with Crippen LogP contribution in [-0.2, 0) is 0 Å². The Labute approximate surface area is 128 Å². The van der Waals surface area contributed by atoms with Crippen molar-refractivity contribution in [3.8, 4) is 0 Å². The summed E-state index contributed by atoms with van der Waals surface area (Å²) in [5, 5.41) is 5.21. The lowest BCUT2D eigenvalue weighted by Gasteiger charge is -2.11. The maximum absolute atomic E-state index is 13.7. The third-order valence-corrected chi connectivity index (χ3v) is 3.14. The largest absolute Gasteiger partial charge is 0.383 e. The molecule has 0 aliphatic rings. The molecule has 2 aromatic rings. The number of amides is 1. The molecule has 0 unspecified atom stereocenters. The van der Waals surface area contributed by atoms with Gasteiger partial charge < -0.3 is 10.6 Å². The predicted octanol–water partition coefficient (Wildman–Crippen LogP) is 3.81. The van der Waals surface area contributed by atoms with Crippen molar-refractivity contribution in [1.29, 1.82) is 0 Å². The monoisotopic (exact) mass is 355 g/mol. The third-order valence-electron chi connectivity index (χ3n) is 2.68. The molecule has 1 heterocycles. The van der Waals surface area contributed by atoms with Gasteiger partial charge in [-0.1, -0.05) is 15.9 Å². The molecule has 2 N–H and O–H groups in total. The second-order valence-corrected chi connectivity index (χ2v) is 5.07. The summed E-state index contributed by atoms with van der Waals surface area (Å²) in [5.41, 5.74) is 0.270. The summed E-state index contributed by atoms with van der Waals surface area (Å²) in [6, 6.07) is 3.63. The predicted molar refractivity (Wildman–Crippen MR) is 80.4 cm³/mol. The minimum Gasteiger partial charge on any atom is -0.383 e. The number of rotatable bonds is 4. The highest BCUT2D eigenvalue weighted by Gasteiger charge is 2.17. The molecule has 0 radical (unpaired) electrons. The molecule has 0 aliphatic heterocycles. The lowest BCUT2D eigenvalue weighted by atomic mass is 10.2. The van der Waals surface area contributed by atoms with Gasteiger partial charge in [-0.3, -0.25) is 9.78 Å². The summed E-state index contributed by atoms with van der Waals surface area (Å²) in [7, 11) is 0. The molecule has 110 valence electrons. The molecular weight excluding hydrogens is 344 g/mol. The summed E-state index contributed by atoms with van der Waals surface area (Å²) in [4.78, 5) is 16.1. The van der Waals surface area contributed by atoms with Crippen molar-refractivity contribution >= 4 is 33.2 Å². The number of anilines is 2. The van der Waals surface area contributed by atoms with Crippen LogP contribution in [0.25, 0.3) is 0 Å². The Morgan fingerprint density at radius 1 is 1.33 bits per heavy atom. The van der Waals surface area contributed by atoms with E-state index in [0.29, 0.717) is 12.2 Å². The van der Waals surface area contributed by atoms with Crippen LogP contribution in [0.4, 0.5) is 20.2 Å². The summed E-state index contributed by atoms with van der Waals surface area (Å²) < 4.78 is 27.7. The maximum Gasteiger partial charge on any atom is 0.258 e. The molecule has 21 heavy (non-hydrogen) atoms. The highest BCUT2D eigenvalue weighted by molar-refractivity contribution is 9.10. The van der Waals surface area contributed by atoms with Crippen LogP contribution in [0.1, 0.15) is 17.3 Å². The number of aromatic nitrogens is 1. The molecular formula is C14H12BrF2N3O. The van der Waals surface area contributed by atoms with Gasteiger partial charge in [0, 0.05) is 17.2 Å². The van der Waals surface area contributed by atoms with Crippen molar-refractivity contribution < 1.29 is 13.6 Å². The molecule has 7 heteroatoms. The number of nitrogens with zero attached hydrogens (tertiary/aromatic N) is 1. The molecule has 1 aromatic heterocycles. The SMILES string of the molecule is CCNc1cnccc1C(=O)Nc1c(F)cc(Br)cc1F. The van der Waals surface area contributed by atoms with Gasteiger partial charge >= 0.3 is 0 Å². The first kappa shape index (κ1) is 15.4. The maximum atomic E-state index is 13.7. The number of carbonyl (C=O) groups is 1.